The Hall–Kier alpha value is -2.51. The molecule has 0 amide bonds. The van der Waals surface area contributed by atoms with Crippen LogP contribution in [0.25, 0.3) is 10.4 Å². The van der Waals surface area contributed by atoms with Crippen LogP contribution in [0.5, 0.6) is 0 Å². The minimum Gasteiger partial charge on any atom is -0.477 e. The average Bonchev–Trinajstić information content (AvgIpc) is 3.02. The molecule has 0 saturated carbocycles. The van der Waals surface area contributed by atoms with Gasteiger partial charge in [0, 0.05) is 4.88 Å². The molecule has 4 nitrogen and oxygen atoms in total. The quantitative estimate of drug-likeness (QED) is 0.733. The number of carboxylic acids is 1. The predicted octanol–water partition coefficient (Wildman–Crippen LogP) is 4.39. The third-order valence-electron chi connectivity index (χ3n) is 3.64. The molecule has 25 heavy (non-hydrogen) atoms. The highest BCUT2D eigenvalue weighted by molar-refractivity contribution is 7.91. The first kappa shape index (κ1) is 17.3. The van der Waals surface area contributed by atoms with E-state index in [1.54, 1.807) is 12.1 Å². The van der Waals surface area contributed by atoms with Gasteiger partial charge in [0.1, 0.15) is 10.7 Å². The number of hydrogen-bond acceptors (Lipinski definition) is 4. The summed E-state index contributed by atoms with van der Waals surface area (Å²) in [6, 6.07) is 13.0. The molecule has 1 N–H and O–H groups in total. The molecule has 0 saturated heterocycles. The predicted molar refractivity (Wildman–Crippen MR) is 93.3 cm³/mol. The molecule has 3 rings (SSSR count). The Morgan fingerprint density at radius 3 is 2.20 bits per heavy atom. The van der Waals surface area contributed by atoms with Gasteiger partial charge in [0.2, 0.25) is 9.84 Å². The van der Waals surface area contributed by atoms with E-state index in [9.17, 15) is 22.7 Å². The fourth-order valence-electron chi connectivity index (χ4n) is 2.32. The molecule has 1 aromatic heterocycles. The number of carboxylic acid groups (broad SMARTS) is 1. The zero-order valence-corrected chi connectivity index (χ0v) is 14.7. The Labute approximate surface area is 148 Å². The van der Waals surface area contributed by atoms with Gasteiger partial charge in [-0.05, 0) is 42.8 Å². The number of aryl methyl sites for hydroxylation is 1. The first-order valence-electron chi connectivity index (χ1n) is 7.24. The van der Waals surface area contributed by atoms with E-state index in [2.05, 4.69) is 0 Å². The van der Waals surface area contributed by atoms with Crippen LogP contribution in [0.15, 0.2) is 64.4 Å². The molecule has 2 aromatic carbocycles. The first-order chi connectivity index (χ1) is 11.8. The number of carbonyl (C=O) groups is 1. The molecule has 1 heterocycles. The molecule has 0 bridgehead atoms. The second-order valence-corrected chi connectivity index (χ2v) is 8.40. The van der Waals surface area contributed by atoms with Crippen molar-refractivity contribution >= 4 is 27.1 Å². The minimum absolute atomic E-state index is 0.0315. The summed E-state index contributed by atoms with van der Waals surface area (Å²) in [5, 5.41) is 9.41. The van der Waals surface area contributed by atoms with Crippen molar-refractivity contribution in [3.8, 4) is 10.4 Å². The summed E-state index contributed by atoms with van der Waals surface area (Å²) in [5.74, 6) is -1.74. The Balaban J connectivity index is 2.16. The van der Waals surface area contributed by atoms with Gasteiger partial charge in [0.15, 0.2) is 0 Å². The number of aromatic carboxylic acids is 1. The topological polar surface area (TPSA) is 71.4 Å². The van der Waals surface area contributed by atoms with Crippen LogP contribution in [0.1, 0.15) is 15.2 Å². The van der Waals surface area contributed by atoms with E-state index in [1.165, 1.54) is 42.5 Å². The number of rotatable bonds is 4. The Morgan fingerprint density at radius 2 is 1.64 bits per heavy atom. The van der Waals surface area contributed by atoms with Crippen LogP contribution >= 0.6 is 11.3 Å². The van der Waals surface area contributed by atoms with E-state index in [1.807, 2.05) is 6.92 Å². The lowest BCUT2D eigenvalue weighted by atomic mass is 10.2. The van der Waals surface area contributed by atoms with Gasteiger partial charge in [-0.25, -0.2) is 17.6 Å². The van der Waals surface area contributed by atoms with Gasteiger partial charge in [0.25, 0.3) is 0 Å². The van der Waals surface area contributed by atoms with Crippen LogP contribution in [0, 0.1) is 12.7 Å². The van der Waals surface area contributed by atoms with Crippen molar-refractivity contribution in [1.29, 1.82) is 0 Å². The third kappa shape index (κ3) is 3.33. The van der Waals surface area contributed by atoms with Gasteiger partial charge in [-0.1, -0.05) is 29.8 Å². The monoisotopic (exact) mass is 376 g/mol. The standard InChI is InChI=1S/C18H13FO4S2/c1-11-2-8-14(9-3-11)25(22,23)16-10-15(24-17(16)18(20)21)12-4-6-13(19)7-5-12/h2-10H,1H3,(H,20,21). The fourth-order valence-corrected chi connectivity index (χ4v) is 5.10. The molecular formula is C18H13FO4S2. The molecule has 7 heteroatoms. The molecule has 0 aliphatic heterocycles. The molecular weight excluding hydrogens is 363 g/mol. The molecule has 0 atom stereocenters. The largest absolute Gasteiger partial charge is 0.477 e. The lowest BCUT2D eigenvalue weighted by Gasteiger charge is -2.04. The van der Waals surface area contributed by atoms with Crippen LogP contribution in [0.2, 0.25) is 0 Å². The summed E-state index contributed by atoms with van der Waals surface area (Å²) in [7, 11) is -3.97. The Kier molecular flexibility index (Phi) is 4.45. The number of halogens is 1. The van der Waals surface area contributed by atoms with Crippen LogP contribution in [-0.2, 0) is 9.84 Å². The molecule has 3 aromatic rings. The summed E-state index contributed by atoms with van der Waals surface area (Å²) in [4.78, 5) is 11.5. The van der Waals surface area contributed by atoms with Crippen molar-refractivity contribution in [3.63, 3.8) is 0 Å². The normalized spacial score (nSPS) is 11.4. The summed E-state index contributed by atoms with van der Waals surface area (Å²) in [6.07, 6.45) is 0. The van der Waals surface area contributed by atoms with Gasteiger partial charge in [-0.2, -0.15) is 0 Å². The van der Waals surface area contributed by atoms with Crippen molar-refractivity contribution < 1.29 is 22.7 Å². The highest BCUT2D eigenvalue weighted by Gasteiger charge is 2.28. The van der Waals surface area contributed by atoms with Crippen molar-refractivity contribution in [2.45, 2.75) is 16.7 Å². The molecule has 0 fully saturated rings. The molecule has 0 spiro atoms. The van der Waals surface area contributed by atoms with Crippen LogP contribution in [0.3, 0.4) is 0 Å². The van der Waals surface area contributed by atoms with E-state index < -0.39 is 21.6 Å². The third-order valence-corrected chi connectivity index (χ3v) is 6.74. The van der Waals surface area contributed by atoms with Crippen LogP contribution in [-0.4, -0.2) is 19.5 Å². The summed E-state index contributed by atoms with van der Waals surface area (Å²) >= 11 is 0.850. The number of thiophene rings is 1. The van der Waals surface area contributed by atoms with E-state index in [0.29, 0.717) is 10.4 Å². The van der Waals surface area contributed by atoms with Crippen LogP contribution in [0.4, 0.5) is 4.39 Å². The Morgan fingerprint density at radius 1 is 1.04 bits per heavy atom. The van der Waals surface area contributed by atoms with Gasteiger partial charge in [-0.15, -0.1) is 11.3 Å². The second kappa shape index (κ2) is 6.42. The number of hydrogen-bond donors (Lipinski definition) is 1. The second-order valence-electron chi connectivity index (χ2n) is 5.43. The zero-order chi connectivity index (χ0) is 18.2. The molecule has 0 aliphatic carbocycles. The van der Waals surface area contributed by atoms with Crippen molar-refractivity contribution in [2.24, 2.45) is 0 Å². The summed E-state index contributed by atoms with van der Waals surface area (Å²) in [5.41, 5.74) is 1.45. The maximum atomic E-state index is 13.1. The molecule has 0 unspecified atom stereocenters. The number of sulfone groups is 1. The van der Waals surface area contributed by atoms with Gasteiger partial charge >= 0.3 is 5.97 Å². The van der Waals surface area contributed by atoms with Gasteiger partial charge < -0.3 is 5.11 Å². The van der Waals surface area contributed by atoms with Gasteiger partial charge in [-0.3, -0.25) is 0 Å². The van der Waals surface area contributed by atoms with E-state index in [0.717, 1.165) is 16.9 Å². The van der Waals surface area contributed by atoms with E-state index in [-0.39, 0.29) is 14.7 Å². The maximum Gasteiger partial charge on any atom is 0.347 e. The zero-order valence-electron chi connectivity index (χ0n) is 13.1. The van der Waals surface area contributed by atoms with Crippen LogP contribution < -0.4 is 0 Å². The fraction of sp³-hybridized carbons (Fsp3) is 0.0556. The van der Waals surface area contributed by atoms with Crippen molar-refractivity contribution in [2.75, 3.05) is 0 Å². The van der Waals surface area contributed by atoms with Crippen molar-refractivity contribution in [3.05, 3.63) is 70.9 Å². The highest BCUT2D eigenvalue weighted by Crippen LogP contribution is 2.36. The lowest BCUT2D eigenvalue weighted by molar-refractivity contribution is 0.0698. The first-order valence-corrected chi connectivity index (χ1v) is 9.54. The summed E-state index contributed by atoms with van der Waals surface area (Å²) < 4.78 is 38.8. The molecule has 128 valence electrons. The minimum atomic E-state index is -3.97. The van der Waals surface area contributed by atoms with Gasteiger partial charge in [0.05, 0.1) is 9.79 Å². The van der Waals surface area contributed by atoms with E-state index >= 15 is 0 Å². The highest BCUT2D eigenvalue weighted by atomic mass is 32.2. The molecule has 0 radical (unpaired) electrons. The average molecular weight is 376 g/mol. The number of benzene rings is 2. The Bertz CT molecular complexity index is 1030. The SMILES string of the molecule is Cc1ccc(S(=O)(=O)c2cc(-c3ccc(F)cc3)sc2C(=O)O)cc1. The lowest BCUT2D eigenvalue weighted by Crippen LogP contribution is -2.06. The smallest absolute Gasteiger partial charge is 0.347 e. The maximum absolute atomic E-state index is 13.1. The van der Waals surface area contributed by atoms with Crippen molar-refractivity contribution in [1.82, 2.24) is 0 Å². The summed E-state index contributed by atoms with van der Waals surface area (Å²) in [6.45, 7) is 1.83. The molecule has 0 aliphatic rings. The van der Waals surface area contributed by atoms with E-state index in [4.69, 9.17) is 0 Å².